The number of rotatable bonds is 7. The van der Waals surface area contributed by atoms with E-state index in [-0.39, 0.29) is 11.4 Å². The Morgan fingerprint density at radius 1 is 0.971 bits per heavy atom. The van der Waals surface area contributed by atoms with Gasteiger partial charge in [-0.15, -0.1) is 0 Å². The Morgan fingerprint density at radius 3 is 2.43 bits per heavy atom. The maximum Gasteiger partial charge on any atom is 0.334 e. The fourth-order valence-corrected chi connectivity index (χ4v) is 10.3. The van der Waals surface area contributed by atoms with Crippen molar-refractivity contribution in [2.24, 2.45) is 34.5 Å². The van der Waals surface area contributed by atoms with Crippen LogP contribution in [0.1, 0.15) is 124 Å². The predicted molar refractivity (Wildman–Crippen MR) is 139 cm³/mol. The van der Waals surface area contributed by atoms with Gasteiger partial charge in [0.2, 0.25) is 0 Å². The van der Waals surface area contributed by atoms with E-state index >= 15 is 0 Å². The van der Waals surface area contributed by atoms with Gasteiger partial charge in [-0.05, 0) is 80.5 Å². The fourth-order valence-electron chi connectivity index (χ4n) is 10.3. The molecule has 0 unspecified atom stereocenters. The molecule has 4 saturated carbocycles. The predicted octanol–water partition coefficient (Wildman–Crippen LogP) is 6.72. The van der Waals surface area contributed by atoms with E-state index in [1.54, 1.807) is 0 Å². The number of carbonyl (C=O) groups is 1. The molecule has 35 heavy (non-hydrogen) atoms. The second-order valence-corrected chi connectivity index (χ2v) is 13.8. The third-order valence-corrected chi connectivity index (χ3v) is 12.2. The highest BCUT2D eigenvalue weighted by Crippen LogP contribution is 2.72. The SMILES string of the molecule is C=C1C[C@]2(C[C@H]3[C@@H]4CC[C@H](CCCCCCCC)[C@@]4(C)CC[C@@H]3[C@@]3(C)CC[C@H](O)C[C@]23O)OC1=O. The van der Waals surface area contributed by atoms with Crippen molar-refractivity contribution in [1.82, 2.24) is 0 Å². The summed E-state index contributed by atoms with van der Waals surface area (Å²) >= 11 is 0. The first-order valence-corrected chi connectivity index (χ1v) is 14.9. The number of carbonyl (C=O) groups excluding carboxylic acids is 1. The number of hydrogen-bond donors (Lipinski definition) is 2. The van der Waals surface area contributed by atoms with Crippen molar-refractivity contribution in [3.63, 3.8) is 0 Å². The Hall–Kier alpha value is -0.870. The van der Waals surface area contributed by atoms with E-state index in [1.807, 2.05) is 0 Å². The monoisotopic (exact) mass is 486 g/mol. The molecule has 2 N–H and O–H groups in total. The average molecular weight is 487 g/mol. The summed E-state index contributed by atoms with van der Waals surface area (Å²) in [6, 6.07) is 0. The third kappa shape index (κ3) is 3.78. The number of esters is 1. The zero-order valence-electron chi connectivity index (χ0n) is 22.6. The van der Waals surface area contributed by atoms with Gasteiger partial charge in [0, 0.05) is 23.8 Å². The first-order chi connectivity index (χ1) is 16.6. The van der Waals surface area contributed by atoms with Crippen LogP contribution in [0.2, 0.25) is 0 Å². The van der Waals surface area contributed by atoms with Crippen LogP contribution < -0.4 is 0 Å². The fraction of sp³-hybridized carbons (Fsp3) is 0.903. The normalized spacial score (nSPS) is 49.0. The number of fused-ring (bicyclic) bond motifs is 6. The molecule has 1 aliphatic heterocycles. The lowest BCUT2D eigenvalue weighted by Gasteiger charge is -2.68. The maximum atomic E-state index is 12.7. The van der Waals surface area contributed by atoms with Gasteiger partial charge >= 0.3 is 5.97 Å². The molecule has 0 bridgehead atoms. The number of unbranched alkanes of at least 4 members (excludes halogenated alkanes) is 5. The molecular weight excluding hydrogens is 436 g/mol. The molecule has 1 heterocycles. The van der Waals surface area contributed by atoms with Crippen LogP contribution >= 0.6 is 0 Å². The molecule has 9 atom stereocenters. The lowest BCUT2D eigenvalue weighted by Crippen LogP contribution is -2.73. The Morgan fingerprint density at radius 2 is 1.71 bits per heavy atom. The molecule has 0 aromatic rings. The standard InChI is InChI=1S/C31H50O4/c1-5-6-7-8-9-10-11-22-12-13-25-24-20-30(18-21(2)27(33)35-30)31(34)19-23(32)14-17-29(31,4)26(24)15-16-28(22,25)3/h22-26,32,34H,2,5-20H2,1,3-4H3/t22-,23-,24-,25-,26-,28+,29+,30+,31+/m0/s1. The Labute approximate surface area is 213 Å². The average Bonchev–Trinajstić information content (AvgIpc) is 3.29. The smallest absolute Gasteiger partial charge is 0.334 e. The van der Waals surface area contributed by atoms with Gasteiger partial charge in [-0.1, -0.05) is 65.9 Å². The zero-order chi connectivity index (χ0) is 25.1. The highest BCUT2D eigenvalue weighted by Gasteiger charge is 2.74. The van der Waals surface area contributed by atoms with Crippen molar-refractivity contribution < 1.29 is 19.7 Å². The van der Waals surface area contributed by atoms with Crippen LogP contribution in [0.4, 0.5) is 0 Å². The Kier molecular flexibility index (Phi) is 6.74. The molecule has 198 valence electrons. The second-order valence-electron chi connectivity index (χ2n) is 13.8. The van der Waals surface area contributed by atoms with Gasteiger partial charge in [-0.2, -0.15) is 0 Å². The minimum atomic E-state index is -1.18. The van der Waals surface area contributed by atoms with Crippen molar-refractivity contribution in [3.8, 4) is 0 Å². The molecule has 1 saturated heterocycles. The molecule has 5 rings (SSSR count). The molecule has 0 aromatic carbocycles. The Balaban J connectivity index is 1.39. The highest BCUT2D eigenvalue weighted by molar-refractivity contribution is 5.90. The van der Waals surface area contributed by atoms with Gasteiger partial charge in [0.25, 0.3) is 0 Å². The molecule has 0 radical (unpaired) electrons. The number of hydrogen-bond acceptors (Lipinski definition) is 4. The van der Waals surface area contributed by atoms with Crippen molar-refractivity contribution in [1.29, 1.82) is 0 Å². The summed E-state index contributed by atoms with van der Waals surface area (Å²) in [6.07, 6.45) is 17.0. The van der Waals surface area contributed by atoms with Crippen molar-refractivity contribution in [2.75, 3.05) is 0 Å². The quantitative estimate of drug-likeness (QED) is 0.238. The van der Waals surface area contributed by atoms with Gasteiger partial charge in [-0.25, -0.2) is 4.79 Å². The van der Waals surface area contributed by atoms with E-state index < -0.39 is 17.3 Å². The van der Waals surface area contributed by atoms with Crippen LogP contribution in [-0.4, -0.2) is 33.5 Å². The lowest BCUT2D eigenvalue weighted by atomic mass is 9.39. The van der Waals surface area contributed by atoms with Crippen LogP contribution in [0.3, 0.4) is 0 Å². The van der Waals surface area contributed by atoms with E-state index in [2.05, 4.69) is 27.4 Å². The summed E-state index contributed by atoms with van der Waals surface area (Å²) in [7, 11) is 0. The van der Waals surface area contributed by atoms with E-state index in [0.717, 1.165) is 31.6 Å². The second kappa shape index (κ2) is 9.15. The largest absolute Gasteiger partial charge is 0.452 e. The molecule has 4 nitrogen and oxygen atoms in total. The van der Waals surface area contributed by atoms with Crippen molar-refractivity contribution >= 4 is 5.97 Å². The summed E-state index contributed by atoms with van der Waals surface area (Å²) in [5.41, 5.74) is -1.58. The lowest BCUT2D eigenvalue weighted by molar-refractivity contribution is -0.302. The van der Waals surface area contributed by atoms with Crippen molar-refractivity contribution in [2.45, 2.75) is 141 Å². The third-order valence-electron chi connectivity index (χ3n) is 12.2. The summed E-state index contributed by atoms with van der Waals surface area (Å²) in [5, 5.41) is 23.1. The molecule has 4 heteroatoms. The Bertz CT molecular complexity index is 820. The van der Waals surface area contributed by atoms with Gasteiger partial charge in [0.1, 0.15) is 11.2 Å². The molecule has 0 amide bonds. The van der Waals surface area contributed by atoms with Crippen LogP contribution in [0.15, 0.2) is 12.2 Å². The van der Waals surface area contributed by atoms with Crippen LogP contribution in [-0.2, 0) is 9.53 Å². The summed E-state index contributed by atoms with van der Waals surface area (Å²) in [5.74, 6) is 2.01. The van der Waals surface area contributed by atoms with E-state index in [0.29, 0.717) is 41.6 Å². The maximum absolute atomic E-state index is 12.7. The summed E-state index contributed by atoms with van der Waals surface area (Å²) < 4.78 is 6.16. The zero-order valence-corrected chi connectivity index (χ0v) is 22.6. The topological polar surface area (TPSA) is 66.8 Å². The number of aliphatic hydroxyl groups excluding tert-OH is 1. The van der Waals surface area contributed by atoms with Crippen molar-refractivity contribution in [3.05, 3.63) is 12.2 Å². The van der Waals surface area contributed by atoms with Gasteiger partial charge < -0.3 is 14.9 Å². The minimum Gasteiger partial charge on any atom is -0.452 e. The first kappa shape index (κ1) is 25.8. The van der Waals surface area contributed by atoms with E-state index in [4.69, 9.17) is 4.74 Å². The van der Waals surface area contributed by atoms with Crippen LogP contribution in [0, 0.1) is 34.5 Å². The molecule has 5 fully saturated rings. The number of ether oxygens (including phenoxy) is 1. The van der Waals surface area contributed by atoms with E-state index in [1.165, 1.54) is 64.2 Å². The summed E-state index contributed by atoms with van der Waals surface area (Å²) in [4.78, 5) is 12.7. The molecule has 4 aliphatic carbocycles. The van der Waals surface area contributed by atoms with Gasteiger partial charge in [-0.3, -0.25) is 0 Å². The molecule has 0 aromatic heterocycles. The highest BCUT2D eigenvalue weighted by atomic mass is 16.6. The number of aliphatic hydroxyl groups is 2. The van der Waals surface area contributed by atoms with Gasteiger partial charge in [0.05, 0.1) is 6.10 Å². The van der Waals surface area contributed by atoms with Gasteiger partial charge in [0.15, 0.2) is 0 Å². The van der Waals surface area contributed by atoms with Crippen LogP contribution in [0.25, 0.3) is 0 Å². The van der Waals surface area contributed by atoms with E-state index in [9.17, 15) is 15.0 Å². The van der Waals surface area contributed by atoms with Crippen LogP contribution in [0.5, 0.6) is 0 Å². The first-order valence-electron chi connectivity index (χ1n) is 14.9. The summed E-state index contributed by atoms with van der Waals surface area (Å²) in [6.45, 7) is 11.1. The molecular formula is C31H50O4. The molecule has 5 aliphatic rings. The molecule has 1 spiro atoms. The minimum absolute atomic E-state index is 0.315.